The van der Waals surface area contributed by atoms with E-state index >= 15 is 0 Å². The number of para-hydroxylation sites is 1. The van der Waals surface area contributed by atoms with E-state index in [2.05, 4.69) is 10.6 Å². The zero-order chi connectivity index (χ0) is 17.7. The molecule has 0 aromatic heterocycles. The molecule has 128 valence electrons. The lowest BCUT2D eigenvalue weighted by molar-refractivity contribution is -0.137. The largest absolute Gasteiger partial charge is 0.416 e. The second kappa shape index (κ2) is 7.33. The van der Waals surface area contributed by atoms with Crippen molar-refractivity contribution in [2.75, 3.05) is 5.32 Å². The molecule has 7 heteroatoms. The van der Waals surface area contributed by atoms with E-state index in [9.17, 15) is 22.4 Å². The molecule has 0 bridgehead atoms. The number of hydrogen-bond acceptors (Lipinski definition) is 1. The van der Waals surface area contributed by atoms with Gasteiger partial charge < -0.3 is 10.6 Å². The molecular weight excluding hydrogens is 324 g/mol. The highest BCUT2D eigenvalue weighted by Crippen LogP contribution is 2.30. The standard InChI is InChI=1S/C17H16F4N2O/c1-2-11-5-3-4-6-15(11)23-16(24)22-10-12-9-13(17(19,20)21)7-8-14(12)18/h3-9H,2,10H2,1H3,(H2,22,23,24). The first-order valence-electron chi connectivity index (χ1n) is 7.29. The molecule has 2 aromatic carbocycles. The van der Waals surface area contributed by atoms with Crippen molar-refractivity contribution in [1.82, 2.24) is 5.32 Å². The minimum Gasteiger partial charge on any atom is -0.334 e. The van der Waals surface area contributed by atoms with E-state index in [4.69, 9.17) is 0 Å². The van der Waals surface area contributed by atoms with Gasteiger partial charge in [0.2, 0.25) is 0 Å². The Kier molecular flexibility index (Phi) is 5.43. The fourth-order valence-electron chi connectivity index (χ4n) is 2.18. The SMILES string of the molecule is CCc1ccccc1NC(=O)NCc1cc(C(F)(F)F)ccc1F. The Balaban J connectivity index is 2.04. The molecule has 0 saturated carbocycles. The summed E-state index contributed by atoms with van der Waals surface area (Å²) < 4.78 is 51.6. The Labute approximate surface area is 136 Å². The summed E-state index contributed by atoms with van der Waals surface area (Å²) in [5.74, 6) is -0.808. The third-order valence-electron chi connectivity index (χ3n) is 3.46. The molecule has 0 atom stereocenters. The second-order valence-corrected chi connectivity index (χ2v) is 5.12. The highest BCUT2D eigenvalue weighted by atomic mass is 19.4. The molecule has 0 saturated heterocycles. The first-order valence-corrected chi connectivity index (χ1v) is 7.29. The molecular formula is C17H16F4N2O. The van der Waals surface area contributed by atoms with Crippen LogP contribution in [0.15, 0.2) is 42.5 Å². The van der Waals surface area contributed by atoms with Gasteiger partial charge in [-0.15, -0.1) is 0 Å². The van der Waals surface area contributed by atoms with E-state index in [1.807, 2.05) is 19.1 Å². The molecule has 0 aliphatic heterocycles. The van der Waals surface area contributed by atoms with Crippen LogP contribution in [0.2, 0.25) is 0 Å². The maximum atomic E-state index is 13.6. The number of halogens is 4. The molecule has 0 radical (unpaired) electrons. The summed E-state index contributed by atoms with van der Waals surface area (Å²) in [6.07, 6.45) is -3.86. The maximum Gasteiger partial charge on any atom is 0.416 e. The van der Waals surface area contributed by atoms with Gasteiger partial charge in [0.1, 0.15) is 5.82 Å². The molecule has 2 rings (SSSR count). The molecule has 0 fully saturated rings. The van der Waals surface area contributed by atoms with Gasteiger partial charge in [0.25, 0.3) is 0 Å². The Morgan fingerprint density at radius 1 is 1.08 bits per heavy atom. The van der Waals surface area contributed by atoms with Crippen LogP contribution >= 0.6 is 0 Å². The number of rotatable bonds is 4. The number of hydrogen-bond donors (Lipinski definition) is 2. The number of nitrogens with one attached hydrogen (secondary N) is 2. The Morgan fingerprint density at radius 2 is 1.79 bits per heavy atom. The normalized spacial score (nSPS) is 11.2. The molecule has 2 aromatic rings. The molecule has 0 aliphatic carbocycles. The monoisotopic (exact) mass is 340 g/mol. The van der Waals surface area contributed by atoms with Crippen LogP contribution in [-0.2, 0) is 19.1 Å². The lowest BCUT2D eigenvalue weighted by Gasteiger charge is -2.12. The Bertz CT molecular complexity index is 729. The molecule has 0 heterocycles. The molecule has 0 aliphatic rings. The lowest BCUT2D eigenvalue weighted by Crippen LogP contribution is -2.29. The van der Waals surface area contributed by atoms with Crippen LogP contribution in [0.5, 0.6) is 0 Å². The van der Waals surface area contributed by atoms with E-state index in [0.717, 1.165) is 11.6 Å². The van der Waals surface area contributed by atoms with Gasteiger partial charge >= 0.3 is 12.2 Å². The number of carbonyl (C=O) groups excluding carboxylic acids is 1. The first kappa shape index (κ1) is 17.8. The van der Waals surface area contributed by atoms with Crippen LogP contribution in [0.3, 0.4) is 0 Å². The third-order valence-corrected chi connectivity index (χ3v) is 3.46. The van der Waals surface area contributed by atoms with Crippen molar-refractivity contribution in [2.24, 2.45) is 0 Å². The van der Waals surface area contributed by atoms with E-state index in [1.165, 1.54) is 0 Å². The first-order chi connectivity index (χ1) is 11.3. The van der Waals surface area contributed by atoms with Crippen LogP contribution in [0.1, 0.15) is 23.6 Å². The summed E-state index contributed by atoms with van der Waals surface area (Å²) in [5.41, 5.74) is 0.320. The van der Waals surface area contributed by atoms with Gasteiger partial charge in [-0.2, -0.15) is 13.2 Å². The van der Waals surface area contributed by atoms with E-state index in [-0.39, 0.29) is 12.1 Å². The van der Waals surface area contributed by atoms with Crippen molar-refractivity contribution in [3.05, 3.63) is 65.0 Å². The number of carbonyl (C=O) groups is 1. The van der Waals surface area contributed by atoms with Gasteiger partial charge in [-0.3, -0.25) is 0 Å². The summed E-state index contributed by atoms with van der Waals surface area (Å²) in [7, 11) is 0. The van der Waals surface area contributed by atoms with Crippen LogP contribution in [0.25, 0.3) is 0 Å². The third kappa shape index (κ3) is 4.47. The van der Waals surface area contributed by atoms with Gasteiger partial charge in [-0.05, 0) is 36.2 Å². The average Bonchev–Trinajstić information content (AvgIpc) is 2.53. The summed E-state index contributed by atoms with van der Waals surface area (Å²) in [5, 5.41) is 4.96. The van der Waals surface area contributed by atoms with Crippen molar-refractivity contribution >= 4 is 11.7 Å². The van der Waals surface area contributed by atoms with Gasteiger partial charge in [0.05, 0.1) is 5.56 Å². The lowest BCUT2D eigenvalue weighted by atomic mass is 10.1. The highest BCUT2D eigenvalue weighted by Gasteiger charge is 2.31. The highest BCUT2D eigenvalue weighted by molar-refractivity contribution is 5.90. The summed E-state index contributed by atoms with van der Waals surface area (Å²) in [6, 6.07) is 8.62. The maximum absolute atomic E-state index is 13.6. The zero-order valence-corrected chi connectivity index (χ0v) is 12.9. The summed E-state index contributed by atoms with van der Waals surface area (Å²) in [6.45, 7) is 1.58. The summed E-state index contributed by atoms with van der Waals surface area (Å²) in [4.78, 5) is 11.9. The van der Waals surface area contributed by atoms with Crippen molar-refractivity contribution in [1.29, 1.82) is 0 Å². The predicted octanol–water partition coefficient (Wildman–Crippen LogP) is 4.73. The Hall–Kier alpha value is -2.57. The van der Waals surface area contributed by atoms with E-state index < -0.39 is 23.6 Å². The van der Waals surface area contributed by atoms with Crippen molar-refractivity contribution in [3.63, 3.8) is 0 Å². The van der Waals surface area contributed by atoms with Crippen LogP contribution in [0, 0.1) is 5.82 Å². The smallest absolute Gasteiger partial charge is 0.334 e. The van der Waals surface area contributed by atoms with Crippen LogP contribution in [-0.4, -0.2) is 6.03 Å². The van der Waals surface area contributed by atoms with Crippen LogP contribution in [0.4, 0.5) is 28.0 Å². The topological polar surface area (TPSA) is 41.1 Å². The second-order valence-electron chi connectivity index (χ2n) is 5.12. The minimum absolute atomic E-state index is 0.233. The number of aryl methyl sites for hydroxylation is 1. The van der Waals surface area contributed by atoms with Crippen LogP contribution < -0.4 is 10.6 Å². The van der Waals surface area contributed by atoms with E-state index in [0.29, 0.717) is 24.2 Å². The zero-order valence-electron chi connectivity index (χ0n) is 12.9. The van der Waals surface area contributed by atoms with Gasteiger partial charge in [0, 0.05) is 17.8 Å². The minimum atomic E-state index is -4.56. The molecule has 2 amide bonds. The molecule has 0 unspecified atom stereocenters. The molecule has 2 N–H and O–H groups in total. The van der Waals surface area contributed by atoms with Crippen molar-refractivity contribution in [2.45, 2.75) is 26.1 Å². The number of alkyl halides is 3. The van der Waals surface area contributed by atoms with Crippen molar-refractivity contribution < 1.29 is 22.4 Å². The average molecular weight is 340 g/mol. The van der Waals surface area contributed by atoms with Gasteiger partial charge in [-0.25, -0.2) is 9.18 Å². The predicted molar refractivity (Wildman–Crippen MR) is 83.1 cm³/mol. The fraction of sp³-hybridized carbons (Fsp3) is 0.235. The fourth-order valence-corrected chi connectivity index (χ4v) is 2.18. The summed E-state index contributed by atoms with van der Waals surface area (Å²) >= 11 is 0. The van der Waals surface area contributed by atoms with Gasteiger partial charge in [0.15, 0.2) is 0 Å². The number of benzene rings is 2. The van der Waals surface area contributed by atoms with Gasteiger partial charge in [-0.1, -0.05) is 25.1 Å². The Morgan fingerprint density at radius 3 is 2.46 bits per heavy atom. The quantitative estimate of drug-likeness (QED) is 0.776. The van der Waals surface area contributed by atoms with E-state index in [1.54, 1.807) is 12.1 Å². The molecule has 3 nitrogen and oxygen atoms in total. The number of urea groups is 1. The number of amides is 2. The molecule has 0 spiro atoms. The molecule has 24 heavy (non-hydrogen) atoms. The number of anilines is 1. The van der Waals surface area contributed by atoms with Crippen molar-refractivity contribution in [3.8, 4) is 0 Å².